The molecule has 0 atom stereocenters. The molecule has 4 aromatic rings. The first-order valence-corrected chi connectivity index (χ1v) is 9.89. The highest BCUT2D eigenvalue weighted by Gasteiger charge is 2.08. The lowest BCUT2D eigenvalue weighted by Gasteiger charge is -2.24. The summed E-state index contributed by atoms with van der Waals surface area (Å²) >= 11 is 5.33. The molecule has 3 aromatic heterocycles. The van der Waals surface area contributed by atoms with E-state index in [0.717, 1.165) is 28.6 Å². The molecule has 0 aliphatic carbocycles. The molecular weight excluding hydrogens is 405 g/mol. The van der Waals surface area contributed by atoms with Crippen LogP contribution in [0, 0.1) is 12.7 Å². The van der Waals surface area contributed by atoms with Crippen molar-refractivity contribution in [3.63, 3.8) is 0 Å². The molecular formula is C22H23ClFN5O. The highest BCUT2D eigenvalue weighted by molar-refractivity contribution is 6.30. The Bertz CT molecular complexity index is 1100. The summed E-state index contributed by atoms with van der Waals surface area (Å²) in [7, 11) is 2.14. The second-order valence-corrected chi connectivity index (χ2v) is 7.36. The monoisotopic (exact) mass is 427 g/mol. The van der Waals surface area contributed by atoms with Crippen LogP contribution in [-0.4, -0.2) is 51.5 Å². The van der Waals surface area contributed by atoms with E-state index < -0.39 is 0 Å². The fourth-order valence-corrected chi connectivity index (χ4v) is 2.90. The maximum atomic E-state index is 12.2. The first-order valence-electron chi connectivity index (χ1n) is 9.52. The topological polar surface area (TPSA) is 77.7 Å². The van der Waals surface area contributed by atoms with E-state index in [4.69, 9.17) is 11.6 Å². The van der Waals surface area contributed by atoms with Gasteiger partial charge in [0, 0.05) is 16.6 Å². The van der Waals surface area contributed by atoms with Gasteiger partial charge in [0.15, 0.2) is 6.29 Å². The number of likely N-dealkylation sites (tertiary alicyclic amines) is 1. The summed E-state index contributed by atoms with van der Waals surface area (Å²) < 4.78 is 12.2. The van der Waals surface area contributed by atoms with E-state index in [9.17, 15) is 9.18 Å². The second kappa shape index (κ2) is 10.1. The number of halogens is 2. The summed E-state index contributed by atoms with van der Waals surface area (Å²) in [6, 6.07) is 11.8. The van der Waals surface area contributed by atoms with Gasteiger partial charge < -0.3 is 9.88 Å². The summed E-state index contributed by atoms with van der Waals surface area (Å²) in [5.41, 5.74) is 4.02. The fourth-order valence-electron chi connectivity index (χ4n) is 2.76. The van der Waals surface area contributed by atoms with Gasteiger partial charge in [-0.2, -0.15) is 5.10 Å². The van der Waals surface area contributed by atoms with Crippen LogP contribution >= 0.6 is 11.6 Å². The van der Waals surface area contributed by atoms with Gasteiger partial charge >= 0.3 is 0 Å². The highest BCUT2D eigenvalue weighted by atomic mass is 35.5. The normalized spacial score (nSPS) is 12.9. The number of nitrogens with zero attached hydrogens (tertiary/aromatic N) is 3. The molecule has 30 heavy (non-hydrogen) atoms. The number of hydrogen-bond acceptors (Lipinski definition) is 4. The standard InChI is InChI=1S/C12H10N4O.C6H4ClF.C4H9N/c1-7-10(5-13-16-7)11-3-2-8-4-9(6-17)14-12(8)15-11;7-5-3-1-2-4-6(5)8;1-5-3-2-4-5/h2-6H,1H3,(H,13,16)(H,14,15);1-4H;2-4H2,1H3. The lowest BCUT2D eigenvalue weighted by atomic mass is 10.1. The number of benzene rings is 1. The number of carbonyl (C=O) groups excluding carboxylic acids is 1. The van der Waals surface area contributed by atoms with Crippen LogP contribution in [0.1, 0.15) is 22.6 Å². The number of fused-ring (bicyclic) bond motifs is 1. The zero-order valence-electron chi connectivity index (χ0n) is 16.8. The molecule has 0 bridgehead atoms. The van der Waals surface area contributed by atoms with Crippen LogP contribution < -0.4 is 0 Å². The highest BCUT2D eigenvalue weighted by Crippen LogP contribution is 2.22. The average Bonchev–Trinajstić information content (AvgIpc) is 3.34. The Balaban J connectivity index is 0.000000162. The lowest BCUT2D eigenvalue weighted by Crippen LogP contribution is -2.32. The predicted molar refractivity (Wildman–Crippen MR) is 117 cm³/mol. The predicted octanol–water partition coefficient (Wildman–Crippen LogP) is 4.87. The quantitative estimate of drug-likeness (QED) is 0.447. The zero-order valence-corrected chi connectivity index (χ0v) is 17.6. The van der Waals surface area contributed by atoms with Gasteiger partial charge in [0.2, 0.25) is 0 Å². The first kappa shape index (κ1) is 21.7. The van der Waals surface area contributed by atoms with Gasteiger partial charge in [0.25, 0.3) is 0 Å². The Morgan fingerprint density at radius 1 is 1.20 bits per heavy atom. The van der Waals surface area contributed by atoms with Crippen molar-refractivity contribution in [3.8, 4) is 11.3 Å². The van der Waals surface area contributed by atoms with Crippen molar-refractivity contribution in [2.45, 2.75) is 13.3 Å². The summed E-state index contributed by atoms with van der Waals surface area (Å²) in [6.45, 7) is 4.58. The van der Waals surface area contributed by atoms with Gasteiger partial charge in [0.1, 0.15) is 11.5 Å². The number of H-pyrrole nitrogens is 2. The molecule has 1 saturated heterocycles. The van der Waals surface area contributed by atoms with Crippen LogP contribution in [0.2, 0.25) is 5.02 Å². The number of aryl methyl sites for hydroxylation is 1. The van der Waals surface area contributed by atoms with Crippen molar-refractivity contribution in [1.29, 1.82) is 0 Å². The van der Waals surface area contributed by atoms with E-state index >= 15 is 0 Å². The van der Waals surface area contributed by atoms with Crippen LogP contribution in [0.4, 0.5) is 4.39 Å². The maximum absolute atomic E-state index is 12.2. The minimum Gasteiger partial charge on any atom is -0.337 e. The van der Waals surface area contributed by atoms with Gasteiger partial charge in [0.05, 0.1) is 22.6 Å². The third kappa shape index (κ3) is 5.52. The largest absolute Gasteiger partial charge is 0.337 e. The van der Waals surface area contributed by atoms with Crippen LogP contribution in [0.3, 0.4) is 0 Å². The van der Waals surface area contributed by atoms with Crippen LogP contribution in [0.5, 0.6) is 0 Å². The summed E-state index contributed by atoms with van der Waals surface area (Å²) in [6.07, 6.45) is 3.94. The minimum atomic E-state index is -0.367. The van der Waals surface area contributed by atoms with Gasteiger partial charge in [-0.25, -0.2) is 9.37 Å². The smallest absolute Gasteiger partial charge is 0.166 e. The molecule has 5 rings (SSSR count). The minimum absolute atomic E-state index is 0.174. The number of hydrogen-bond donors (Lipinski definition) is 2. The van der Waals surface area contributed by atoms with Gasteiger partial charge in [-0.3, -0.25) is 9.89 Å². The number of carbonyl (C=O) groups is 1. The van der Waals surface area contributed by atoms with E-state index in [2.05, 4.69) is 32.1 Å². The number of pyridine rings is 1. The molecule has 1 aliphatic rings. The first-order chi connectivity index (χ1) is 14.5. The Morgan fingerprint density at radius 3 is 2.43 bits per heavy atom. The number of rotatable bonds is 2. The SMILES string of the molecule is CN1CCC1.Cc1[nH]ncc1-c1ccc2cc(C=O)[nH]c2n1.Fc1ccccc1Cl. The van der Waals surface area contributed by atoms with Crippen LogP contribution in [0.15, 0.2) is 48.7 Å². The molecule has 0 amide bonds. The molecule has 8 heteroatoms. The van der Waals surface area contributed by atoms with Crippen molar-refractivity contribution in [2.24, 2.45) is 0 Å². The summed E-state index contributed by atoms with van der Waals surface area (Å²) in [5, 5.41) is 7.94. The van der Waals surface area contributed by atoms with Crippen LogP contribution in [0.25, 0.3) is 22.3 Å². The molecule has 6 nitrogen and oxygen atoms in total. The summed E-state index contributed by atoms with van der Waals surface area (Å²) in [5.74, 6) is -0.367. The van der Waals surface area contributed by atoms with Crippen molar-refractivity contribution < 1.29 is 9.18 Å². The van der Waals surface area contributed by atoms with Gasteiger partial charge in [-0.15, -0.1) is 0 Å². The Kier molecular flexibility index (Phi) is 7.32. The number of nitrogens with one attached hydrogen (secondary N) is 2. The van der Waals surface area contributed by atoms with E-state index in [0.29, 0.717) is 11.3 Å². The van der Waals surface area contributed by atoms with Crippen molar-refractivity contribution in [2.75, 3.05) is 20.1 Å². The molecule has 0 radical (unpaired) electrons. The molecule has 1 aliphatic heterocycles. The lowest BCUT2D eigenvalue weighted by molar-refractivity contribution is 0.111. The molecule has 4 heterocycles. The maximum Gasteiger partial charge on any atom is 0.166 e. The molecule has 156 valence electrons. The van der Waals surface area contributed by atoms with E-state index in [1.165, 1.54) is 31.6 Å². The number of aldehydes is 1. The number of aromatic nitrogens is 4. The molecule has 0 spiro atoms. The van der Waals surface area contributed by atoms with Gasteiger partial charge in [-0.05, 0) is 63.8 Å². The molecule has 0 saturated carbocycles. The molecule has 1 aromatic carbocycles. The van der Waals surface area contributed by atoms with Crippen molar-refractivity contribution in [1.82, 2.24) is 25.1 Å². The van der Waals surface area contributed by atoms with Gasteiger partial charge in [-0.1, -0.05) is 23.7 Å². The zero-order chi connectivity index (χ0) is 21.5. The Morgan fingerprint density at radius 2 is 1.93 bits per heavy atom. The molecule has 2 N–H and O–H groups in total. The summed E-state index contributed by atoms with van der Waals surface area (Å²) in [4.78, 5) is 20.4. The molecule has 0 unspecified atom stereocenters. The third-order valence-corrected chi connectivity index (χ3v) is 4.94. The second-order valence-electron chi connectivity index (χ2n) is 6.96. The van der Waals surface area contributed by atoms with Crippen molar-refractivity contribution in [3.05, 3.63) is 70.9 Å². The fraction of sp³-hybridized carbons (Fsp3) is 0.227. The van der Waals surface area contributed by atoms with Crippen molar-refractivity contribution >= 4 is 28.9 Å². The third-order valence-electron chi connectivity index (χ3n) is 4.64. The number of aromatic amines is 2. The molecule has 1 fully saturated rings. The van der Waals surface area contributed by atoms with Crippen LogP contribution in [-0.2, 0) is 0 Å². The Labute approximate surface area is 179 Å². The van der Waals surface area contributed by atoms with E-state index in [-0.39, 0.29) is 10.8 Å². The Hall–Kier alpha value is -3.03. The van der Waals surface area contributed by atoms with E-state index in [1.807, 2.05) is 19.1 Å². The van der Waals surface area contributed by atoms with E-state index in [1.54, 1.807) is 24.4 Å². The average molecular weight is 428 g/mol.